The second-order valence-corrected chi connectivity index (χ2v) is 3.01. The molecule has 3 unspecified atom stereocenters. The molecule has 0 radical (unpaired) electrons. The highest BCUT2D eigenvalue weighted by Crippen LogP contribution is 2.05. The Bertz CT molecular complexity index is 210. The van der Waals surface area contributed by atoms with Crippen LogP contribution in [-0.4, -0.2) is 34.4 Å². The number of carbonyl (C=O) groups excluding carboxylic acids is 2. The van der Waals surface area contributed by atoms with Crippen molar-refractivity contribution in [3.8, 4) is 0 Å². The van der Waals surface area contributed by atoms with Gasteiger partial charge in [-0.05, 0) is 20.8 Å². The number of carbonyl (C=O) groups is 2. The Hall–Kier alpha value is -1.14. The molecule has 0 aromatic carbocycles. The fourth-order valence-electron chi connectivity index (χ4n) is 0.425. The molecule has 6 heteroatoms. The predicted octanol–water partition coefficient (Wildman–Crippen LogP) is -0.615. The largest absolute Gasteiger partial charge is 0.393 e. The second-order valence-electron chi connectivity index (χ2n) is 3.01. The van der Waals surface area contributed by atoms with Crippen LogP contribution >= 0.6 is 0 Å². The molecule has 0 heterocycles. The van der Waals surface area contributed by atoms with Crippen LogP contribution in [0.3, 0.4) is 0 Å². The monoisotopic (exact) mass is 206 g/mol. The molecule has 0 aliphatic heterocycles. The minimum absolute atomic E-state index is 0.795. The van der Waals surface area contributed by atoms with Crippen molar-refractivity contribution in [3.63, 3.8) is 0 Å². The first kappa shape index (κ1) is 12.9. The maximum atomic E-state index is 11.0. The summed E-state index contributed by atoms with van der Waals surface area (Å²) in [6.45, 7) is 4.00. The van der Waals surface area contributed by atoms with Gasteiger partial charge in [0.1, 0.15) is 0 Å². The summed E-state index contributed by atoms with van der Waals surface area (Å²) in [6, 6.07) is 0. The summed E-state index contributed by atoms with van der Waals surface area (Å²) in [6.07, 6.45) is -2.25. The van der Waals surface area contributed by atoms with Gasteiger partial charge < -0.3 is 10.2 Å². The highest BCUT2D eigenvalue weighted by Gasteiger charge is 2.23. The van der Waals surface area contributed by atoms with Gasteiger partial charge in [-0.15, -0.1) is 0 Å². The van der Waals surface area contributed by atoms with Gasteiger partial charge in [-0.2, -0.15) is 0 Å². The summed E-state index contributed by atoms with van der Waals surface area (Å²) in [5.74, 6) is -2.72. The molecule has 0 aliphatic carbocycles. The standard InChI is InChI=1S/C8H14O6/c1-4(5(2)9)7(11)13-14-8(12)6(3)10/h4-6,9-10H,1-3H3. The third kappa shape index (κ3) is 4.20. The zero-order chi connectivity index (χ0) is 11.3. The molecule has 3 atom stereocenters. The molecule has 0 aromatic heterocycles. The van der Waals surface area contributed by atoms with Crippen LogP contribution < -0.4 is 0 Å². The van der Waals surface area contributed by atoms with E-state index in [-0.39, 0.29) is 0 Å². The molecule has 82 valence electrons. The van der Waals surface area contributed by atoms with E-state index < -0.39 is 30.1 Å². The quantitative estimate of drug-likeness (QED) is 0.472. The predicted molar refractivity (Wildman–Crippen MR) is 44.7 cm³/mol. The smallest absolute Gasteiger partial charge is 0.383 e. The normalized spacial score (nSPS) is 16.6. The summed E-state index contributed by atoms with van der Waals surface area (Å²) in [4.78, 5) is 29.7. The molecule has 0 aromatic rings. The molecule has 0 amide bonds. The fourth-order valence-corrected chi connectivity index (χ4v) is 0.425. The van der Waals surface area contributed by atoms with Gasteiger partial charge in [-0.25, -0.2) is 19.4 Å². The first-order valence-electron chi connectivity index (χ1n) is 4.14. The minimum Gasteiger partial charge on any atom is -0.393 e. The first-order chi connectivity index (χ1) is 6.36. The summed E-state index contributed by atoms with van der Waals surface area (Å²) >= 11 is 0. The van der Waals surface area contributed by atoms with Gasteiger partial charge >= 0.3 is 11.9 Å². The number of aliphatic hydroxyl groups is 2. The Morgan fingerprint density at radius 1 is 1.00 bits per heavy atom. The van der Waals surface area contributed by atoms with Gasteiger partial charge in [0.15, 0.2) is 6.10 Å². The van der Waals surface area contributed by atoms with Gasteiger partial charge in [0, 0.05) is 0 Å². The SMILES string of the molecule is CC(O)C(=O)OOC(=O)C(C)C(C)O. The van der Waals surface area contributed by atoms with Crippen LogP contribution in [-0.2, 0) is 19.4 Å². The minimum atomic E-state index is -1.36. The van der Waals surface area contributed by atoms with E-state index in [0.717, 1.165) is 0 Å². The Morgan fingerprint density at radius 2 is 1.43 bits per heavy atom. The van der Waals surface area contributed by atoms with Gasteiger partial charge in [-0.1, -0.05) is 0 Å². The van der Waals surface area contributed by atoms with Crippen molar-refractivity contribution in [1.29, 1.82) is 0 Å². The van der Waals surface area contributed by atoms with E-state index in [0.29, 0.717) is 0 Å². The Morgan fingerprint density at radius 3 is 1.79 bits per heavy atom. The summed E-state index contributed by atoms with van der Waals surface area (Å²) in [5, 5.41) is 17.6. The summed E-state index contributed by atoms with van der Waals surface area (Å²) in [5.41, 5.74) is 0. The van der Waals surface area contributed by atoms with Crippen molar-refractivity contribution in [2.75, 3.05) is 0 Å². The van der Waals surface area contributed by atoms with Crippen LogP contribution in [0, 0.1) is 5.92 Å². The van der Waals surface area contributed by atoms with Gasteiger partial charge in [0.05, 0.1) is 12.0 Å². The van der Waals surface area contributed by atoms with Crippen molar-refractivity contribution in [3.05, 3.63) is 0 Å². The van der Waals surface area contributed by atoms with Crippen molar-refractivity contribution < 1.29 is 29.6 Å². The Balaban J connectivity index is 3.91. The van der Waals surface area contributed by atoms with E-state index >= 15 is 0 Å². The zero-order valence-electron chi connectivity index (χ0n) is 8.26. The lowest BCUT2D eigenvalue weighted by molar-refractivity contribution is -0.268. The Labute approximate surface area is 81.4 Å². The van der Waals surface area contributed by atoms with E-state index in [1.54, 1.807) is 0 Å². The molecule has 2 N–H and O–H groups in total. The number of hydrogen-bond acceptors (Lipinski definition) is 6. The first-order valence-corrected chi connectivity index (χ1v) is 4.14. The third-order valence-corrected chi connectivity index (χ3v) is 1.64. The van der Waals surface area contributed by atoms with Crippen LogP contribution in [0.1, 0.15) is 20.8 Å². The van der Waals surface area contributed by atoms with Crippen LogP contribution in [0.2, 0.25) is 0 Å². The van der Waals surface area contributed by atoms with E-state index in [9.17, 15) is 9.59 Å². The van der Waals surface area contributed by atoms with Crippen molar-refractivity contribution in [2.24, 2.45) is 5.92 Å². The van der Waals surface area contributed by atoms with E-state index in [2.05, 4.69) is 9.78 Å². The maximum Gasteiger partial charge on any atom is 0.383 e. The fraction of sp³-hybridized carbons (Fsp3) is 0.750. The van der Waals surface area contributed by atoms with E-state index in [1.807, 2.05) is 0 Å². The highest BCUT2D eigenvalue weighted by molar-refractivity contribution is 5.76. The molecule has 0 aliphatic rings. The molecule has 14 heavy (non-hydrogen) atoms. The number of hydrogen-bond donors (Lipinski definition) is 2. The summed E-state index contributed by atoms with van der Waals surface area (Å²) in [7, 11) is 0. The van der Waals surface area contributed by atoms with Crippen LogP contribution in [0.25, 0.3) is 0 Å². The van der Waals surface area contributed by atoms with E-state index in [4.69, 9.17) is 10.2 Å². The van der Waals surface area contributed by atoms with Crippen molar-refractivity contribution in [1.82, 2.24) is 0 Å². The summed E-state index contributed by atoms with van der Waals surface area (Å²) < 4.78 is 0. The highest BCUT2D eigenvalue weighted by atomic mass is 17.2. The van der Waals surface area contributed by atoms with Crippen molar-refractivity contribution in [2.45, 2.75) is 33.0 Å². The molecular formula is C8H14O6. The molecule has 0 rings (SSSR count). The lowest BCUT2D eigenvalue weighted by atomic mass is 10.1. The van der Waals surface area contributed by atoms with Crippen LogP contribution in [0.15, 0.2) is 0 Å². The number of aliphatic hydroxyl groups excluding tert-OH is 2. The average molecular weight is 206 g/mol. The third-order valence-electron chi connectivity index (χ3n) is 1.64. The van der Waals surface area contributed by atoms with Gasteiger partial charge in [0.25, 0.3) is 0 Å². The number of rotatable bonds is 3. The van der Waals surface area contributed by atoms with Crippen molar-refractivity contribution >= 4 is 11.9 Å². The molecular weight excluding hydrogens is 192 g/mol. The molecule has 0 saturated heterocycles. The maximum absolute atomic E-state index is 11.0. The zero-order valence-corrected chi connectivity index (χ0v) is 8.26. The molecule has 6 nitrogen and oxygen atoms in total. The van der Waals surface area contributed by atoms with Gasteiger partial charge in [-0.3, -0.25) is 0 Å². The average Bonchev–Trinajstić information content (AvgIpc) is 2.11. The molecule has 0 spiro atoms. The van der Waals surface area contributed by atoms with Crippen LogP contribution in [0.4, 0.5) is 0 Å². The van der Waals surface area contributed by atoms with Gasteiger partial charge in [0.2, 0.25) is 0 Å². The molecule has 0 fully saturated rings. The molecule has 0 bridgehead atoms. The van der Waals surface area contributed by atoms with E-state index in [1.165, 1.54) is 20.8 Å². The Kier molecular flexibility index (Phi) is 5.11. The van der Waals surface area contributed by atoms with Crippen LogP contribution in [0.5, 0.6) is 0 Å². The lowest BCUT2D eigenvalue weighted by Crippen LogP contribution is -2.28. The second kappa shape index (κ2) is 5.56. The topological polar surface area (TPSA) is 93.1 Å². The molecule has 0 saturated carbocycles. The lowest BCUT2D eigenvalue weighted by Gasteiger charge is -2.11.